The van der Waals surface area contributed by atoms with Crippen molar-refractivity contribution in [1.29, 1.82) is 0 Å². The predicted octanol–water partition coefficient (Wildman–Crippen LogP) is 1.72. The third-order valence-corrected chi connectivity index (χ3v) is 3.08. The summed E-state index contributed by atoms with van der Waals surface area (Å²) in [5.41, 5.74) is 0.653. The normalized spacial score (nSPS) is 25.1. The van der Waals surface area contributed by atoms with E-state index in [1.54, 1.807) is 12.1 Å². The van der Waals surface area contributed by atoms with Crippen molar-refractivity contribution in [2.45, 2.75) is 37.8 Å². The van der Waals surface area contributed by atoms with Gasteiger partial charge < -0.3 is 10.4 Å². The summed E-state index contributed by atoms with van der Waals surface area (Å²) >= 11 is 0. The second-order valence-electron chi connectivity index (χ2n) is 4.30. The van der Waals surface area contributed by atoms with Crippen LogP contribution in [0.25, 0.3) is 0 Å². The molecule has 1 fully saturated rings. The molecule has 0 spiro atoms. The first kappa shape index (κ1) is 11.1. The Labute approximate surface area is 95.5 Å². The highest BCUT2D eigenvalue weighted by Crippen LogP contribution is 2.18. The highest BCUT2D eigenvalue weighted by Gasteiger charge is 2.24. The number of hydrogen-bond acceptors (Lipinski definition) is 2. The summed E-state index contributed by atoms with van der Waals surface area (Å²) in [5, 5.41) is 12.6. The van der Waals surface area contributed by atoms with Gasteiger partial charge in [0.05, 0.1) is 12.1 Å². The summed E-state index contributed by atoms with van der Waals surface area (Å²) in [7, 11) is 0. The van der Waals surface area contributed by atoms with E-state index in [-0.39, 0.29) is 18.1 Å². The van der Waals surface area contributed by atoms with Crippen molar-refractivity contribution in [3.05, 3.63) is 35.9 Å². The molecule has 0 bridgehead atoms. The number of carbonyl (C=O) groups is 1. The molecular weight excluding hydrogens is 202 g/mol. The van der Waals surface area contributed by atoms with Gasteiger partial charge in [-0.05, 0) is 25.0 Å². The zero-order valence-electron chi connectivity index (χ0n) is 9.23. The van der Waals surface area contributed by atoms with Crippen LogP contribution in [0.5, 0.6) is 0 Å². The molecule has 1 aliphatic rings. The quantitative estimate of drug-likeness (QED) is 0.795. The Bertz CT molecular complexity index is 350. The smallest absolute Gasteiger partial charge is 0.251 e. The fraction of sp³-hybridized carbons (Fsp3) is 0.462. The molecule has 1 aromatic rings. The minimum Gasteiger partial charge on any atom is -0.391 e. The van der Waals surface area contributed by atoms with Crippen molar-refractivity contribution in [1.82, 2.24) is 5.32 Å². The van der Waals surface area contributed by atoms with Crippen LogP contribution in [0.3, 0.4) is 0 Å². The van der Waals surface area contributed by atoms with Gasteiger partial charge in [0.2, 0.25) is 0 Å². The van der Waals surface area contributed by atoms with E-state index in [4.69, 9.17) is 0 Å². The summed E-state index contributed by atoms with van der Waals surface area (Å²) in [6.07, 6.45) is 3.41. The number of aliphatic hydroxyl groups excluding tert-OH is 1. The van der Waals surface area contributed by atoms with Gasteiger partial charge in [0.1, 0.15) is 0 Å². The van der Waals surface area contributed by atoms with Crippen LogP contribution in [-0.4, -0.2) is 23.2 Å². The molecule has 1 amide bonds. The van der Waals surface area contributed by atoms with Crippen LogP contribution in [0, 0.1) is 0 Å². The van der Waals surface area contributed by atoms with Gasteiger partial charge in [-0.1, -0.05) is 31.0 Å². The Kier molecular flexibility index (Phi) is 3.57. The molecule has 3 nitrogen and oxygen atoms in total. The SMILES string of the molecule is O=C(N[C@@H]1CCCC[C@H]1O)c1ccccc1. The van der Waals surface area contributed by atoms with Gasteiger partial charge in [-0.25, -0.2) is 0 Å². The van der Waals surface area contributed by atoms with E-state index in [1.165, 1.54) is 0 Å². The maximum atomic E-state index is 11.8. The van der Waals surface area contributed by atoms with Gasteiger partial charge in [0.25, 0.3) is 5.91 Å². The van der Waals surface area contributed by atoms with Crippen LogP contribution in [0.2, 0.25) is 0 Å². The highest BCUT2D eigenvalue weighted by atomic mass is 16.3. The number of aliphatic hydroxyl groups is 1. The number of carbonyl (C=O) groups excluding carboxylic acids is 1. The molecule has 3 heteroatoms. The molecule has 1 saturated carbocycles. The van der Waals surface area contributed by atoms with Crippen molar-refractivity contribution in [2.75, 3.05) is 0 Å². The maximum absolute atomic E-state index is 11.8. The van der Waals surface area contributed by atoms with Crippen LogP contribution in [0.4, 0.5) is 0 Å². The number of benzene rings is 1. The Hall–Kier alpha value is -1.35. The lowest BCUT2D eigenvalue weighted by Crippen LogP contribution is -2.45. The summed E-state index contributed by atoms with van der Waals surface area (Å²) in [6, 6.07) is 9.04. The Morgan fingerprint density at radius 3 is 2.56 bits per heavy atom. The summed E-state index contributed by atoms with van der Waals surface area (Å²) in [6.45, 7) is 0. The number of nitrogens with one attached hydrogen (secondary N) is 1. The first-order valence-corrected chi connectivity index (χ1v) is 5.81. The molecule has 2 rings (SSSR count). The van der Waals surface area contributed by atoms with Crippen LogP contribution < -0.4 is 5.32 Å². The lowest BCUT2D eigenvalue weighted by Gasteiger charge is -2.28. The van der Waals surface area contributed by atoms with Crippen LogP contribution in [-0.2, 0) is 0 Å². The van der Waals surface area contributed by atoms with Crippen LogP contribution in [0.1, 0.15) is 36.0 Å². The molecule has 1 aliphatic carbocycles. The predicted molar refractivity (Wildman–Crippen MR) is 62.2 cm³/mol. The summed E-state index contributed by atoms with van der Waals surface area (Å²) in [4.78, 5) is 11.8. The minimum atomic E-state index is -0.388. The van der Waals surface area contributed by atoms with E-state index in [2.05, 4.69) is 5.32 Å². The molecule has 2 N–H and O–H groups in total. The second kappa shape index (κ2) is 5.12. The monoisotopic (exact) mass is 219 g/mol. The lowest BCUT2D eigenvalue weighted by molar-refractivity contribution is 0.0717. The van der Waals surface area contributed by atoms with Gasteiger partial charge in [0, 0.05) is 5.56 Å². The van der Waals surface area contributed by atoms with Crippen LogP contribution >= 0.6 is 0 Å². The molecule has 16 heavy (non-hydrogen) atoms. The van der Waals surface area contributed by atoms with E-state index >= 15 is 0 Å². The largest absolute Gasteiger partial charge is 0.391 e. The van der Waals surface area contributed by atoms with Gasteiger partial charge in [-0.3, -0.25) is 4.79 Å². The van der Waals surface area contributed by atoms with E-state index < -0.39 is 0 Å². The third-order valence-electron chi connectivity index (χ3n) is 3.08. The van der Waals surface area contributed by atoms with Crippen molar-refractivity contribution in [3.63, 3.8) is 0 Å². The van der Waals surface area contributed by atoms with E-state index in [1.807, 2.05) is 18.2 Å². The average Bonchev–Trinajstić information content (AvgIpc) is 2.33. The summed E-state index contributed by atoms with van der Waals surface area (Å²) in [5.74, 6) is -0.0912. The van der Waals surface area contributed by atoms with E-state index in [9.17, 15) is 9.90 Å². The van der Waals surface area contributed by atoms with E-state index in [0.29, 0.717) is 5.56 Å². The zero-order valence-corrected chi connectivity index (χ0v) is 9.23. The molecule has 0 radical (unpaired) electrons. The molecule has 86 valence electrons. The molecule has 0 aromatic heterocycles. The van der Waals surface area contributed by atoms with Crippen LogP contribution in [0.15, 0.2) is 30.3 Å². The van der Waals surface area contributed by atoms with Crippen molar-refractivity contribution < 1.29 is 9.90 Å². The minimum absolute atomic E-state index is 0.0820. The second-order valence-corrected chi connectivity index (χ2v) is 4.30. The van der Waals surface area contributed by atoms with Crippen molar-refractivity contribution in [2.24, 2.45) is 0 Å². The van der Waals surface area contributed by atoms with Gasteiger partial charge >= 0.3 is 0 Å². The molecule has 0 saturated heterocycles. The molecule has 0 unspecified atom stereocenters. The topological polar surface area (TPSA) is 49.3 Å². The van der Waals surface area contributed by atoms with Gasteiger partial charge in [-0.2, -0.15) is 0 Å². The Balaban J connectivity index is 1.96. The number of rotatable bonds is 2. The molecule has 0 heterocycles. The third kappa shape index (κ3) is 2.61. The first-order valence-electron chi connectivity index (χ1n) is 5.81. The fourth-order valence-corrected chi connectivity index (χ4v) is 2.12. The number of hydrogen-bond donors (Lipinski definition) is 2. The maximum Gasteiger partial charge on any atom is 0.251 e. The fourth-order valence-electron chi connectivity index (χ4n) is 2.12. The molecule has 0 aliphatic heterocycles. The first-order chi connectivity index (χ1) is 7.77. The molecule has 1 aromatic carbocycles. The average molecular weight is 219 g/mol. The Morgan fingerprint density at radius 2 is 1.88 bits per heavy atom. The van der Waals surface area contributed by atoms with E-state index in [0.717, 1.165) is 25.7 Å². The molecular formula is C13H17NO2. The van der Waals surface area contributed by atoms with Gasteiger partial charge in [0.15, 0.2) is 0 Å². The lowest BCUT2D eigenvalue weighted by atomic mass is 9.92. The summed E-state index contributed by atoms with van der Waals surface area (Å²) < 4.78 is 0. The van der Waals surface area contributed by atoms with Crippen molar-refractivity contribution in [3.8, 4) is 0 Å². The standard InChI is InChI=1S/C13H17NO2/c15-12-9-5-4-8-11(12)14-13(16)10-6-2-1-3-7-10/h1-3,6-7,11-12,15H,4-5,8-9H2,(H,14,16)/t11-,12-/m1/s1. The molecule has 2 atom stereocenters. The number of amides is 1. The van der Waals surface area contributed by atoms with Crippen molar-refractivity contribution >= 4 is 5.91 Å². The Morgan fingerprint density at radius 1 is 1.19 bits per heavy atom. The highest BCUT2D eigenvalue weighted by molar-refractivity contribution is 5.94. The van der Waals surface area contributed by atoms with Gasteiger partial charge in [-0.15, -0.1) is 0 Å². The zero-order chi connectivity index (χ0) is 11.4.